The van der Waals surface area contributed by atoms with Crippen LogP contribution < -0.4 is 14.8 Å². The van der Waals surface area contributed by atoms with Crippen LogP contribution in [-0.4, -0.2) is 49.1 Å². The Morgan fingerprint density at radius 2 is 1.68 bits per heavy atom. The van der Waals surface area contributed by atoms with Gasteiger partial charge in [0, 0.05) is 18.7 Å². The van der Waals surface area contributed by atoms with Gasteiger partial charge in [-0.25, -0.2) is 0 Å². The Labute approximate surface area is 218 Å². The van der Waals surface area contributed by atoms with E-state index in [1.807, 2.05) is 60.7 Å². The molecule has 1 fully saturated rings. The van der Waals surface area contributed by atoms with Crippen LogP contribution in [0.4, 0.5) is 0 Å². The first-order valence-corrected chi connectivity index (χ1v) is 12.9. The number of methoxy groups -OCH3 is 1. The third-order valence-electron chi connectivity index (χ3n) is 7.07. The molecule has 4 aromatic rings. The van der Waals surface area contributed by atoms with Gasteiger partial charge in [0.1, 0.15) is 18.1 Å². The lowest BCUT2D eigenvalue weighted by molar-refractivity contribution is -0.127. The van der Waals surface area contributed by atoms with Gasteiger partial charge in [-0.3, -0.25) is 14.7 Å². The fourth-order valence-electron chi connectivity index (χ4n) is 4.90. The van der Waals surface area contributed by atoms with Crippen LogP contribution in [0.1, 0.15) is 30.1 Å². The summed E-state index contributed by atoms with van der Waals surface area (Å²) < 4.78 is 11.3. The molecule has 6 nitrogen and oxygen atoms in total. The molecule has 0 saturated carbocycles. The van der Waals surface area contributed by atoms with Crippen LogP contribution in [-0.2, 0) is 4.79 Å². The van der Waals surface area contributed by atoms with E-state index in [0.29, 0.717) is 6.61 Å². The number of pyridine rings is 1. The SMILES string of the molecule is COc1ccc(C(NC(=O)C2CCN(CCOc3ccc4ccccc4c3)CC2)c2ccccn2)cc1. The second-order valence-corrected chi connectivity index (χ2v) is 9.44. The highest BCUT2D eigenvalue weighted by Gasteiger charge is 2.28. The summed E-state index contributed by atoms with van der Waals surface area (Å²) in [5.74, 6) is 1.75. The fourth-order valence-corrected chi connectivity index (χ4v) is 4.90. The molecular formula is C31H33N3O3. The Bertz CT molecular complexity index is 1300. The van der Waals surface area contributed by atoms with Gasteiger partial charge in [-0.15, -0.1) is 0 Å². The summed E-state index contributed by atoms with van der Waals surface area (Å²) in [6, 6.07) is 27.8. The van der Waals surface area contributed by atoms with E-state index in [4.69, 9.17) is 9.47 Å². The van der Waals surface area contributed by atoms with Gasteiger partial charge in [-0.2, -0.15) is 0 Å². The van der Waals surface area contributed by atoms with Crippen molar-refractivity contribution < 1.29 is 14.3 Å². The van der Waals surface area contributed by atoms with Crippen molar-refractivity contribution in [1.82, 2.24) is 15.2 Å². The van der Waals surface area contributed by atoms with Gasteiger partial charge in [-0.05, 0) is 78.7 Å². The minimum absolute atomic E-state index is 0.0119. The first-order chi connectivity index (χ1) is 18.2. The number of hydrogen-bond donors (Lipinski definition) is 1. The molecule has 0 aliphatic carbocycles. The zero-order valence-corrected chi connectivity index (χ0v) is 21.2. The molecule has 1 atom stereocenters. The average Bonchev–Trinajstić information content (AvgIpc) is 2.96. The maximum atomic E-state index is 13.3. The summed E-state index contributed by atoms with van der Waals surface area (Å²) in [6.07, 6.45) is 3.43. The molecular weight excluding hydrogens is 462 g/mol. The van der Waals surface area contributed by atoms with E-state index in [9.17, 15) is 4.79 Å². The molecule has 1 saturated heterocycles. The van der Waals surface area contributed by atoms with Gasteiger partial charge < -0.3 is 14.8 Å². The molecule has 1 aliphatic heterocycles. The summed E-state index contributed by atoms with van der Waals surface area (Å²) >= 11 is 0. The number of likely N-dealkylation sites (tertiary alicyclic amines) is 1. The number of nitrogens with zero attached hydrogens (tertiary/aromatic N) is 2. The van der Waals surface area contributed by atoms with Crippen LogP contribution in [0.25, 0.3) is 10.8 Å². The third-order valence-corrected chi connectivity index (χ3v) is 7.07. The van der Waals surface area contributed by atoms with E-state index in [-0.39, 0.29) is 17.9 Å². The molecule has 1 unspecified atom stereocenters. The number of fused-ring (bicyclic) bond motifs is 1. The number of hydrogen-bond acceptors (Lipinski definition) is 5. The summed E-state index contributed by atoms with van der Waals surface area (Å²) in [7, 11) is 1.65. The van der Waals surface area contributed by atoms with Gasteiger partial charge >= 0.3 is 0 Å². The minimum Gasteiger partial charge on any atom is -0.497 e. The van der Waals surface area contributed by atoms with E-state index in [1.54, 1.807) is 13.3 Å². The largest absolute Gasteiger partial charge is 0.497 e. The molecule has 6 heteroatoms. The lowest BCUT2D eigenvalue weighted by Gasteiger charge is -2.32. The summed E-state index contributed by atoms with van der Waals surface area (Å²) in [5.41, 5.74) is 1.81. The van der Waals surface area contributed by atoms with Crippen molar-refractivity contribution >= 4 is 16.7 Å². The van der Waals surface area contributed by atoms with Crippen molar-refractivity contribution in [3.05, 3.63) is 102 Å². The van der Waals surface area contributed by atoms with Crippen molar-refractivity contribution in [2.45, 2.75) is 18.9 Å². The lowest BCUT2D eigenvalue weighted by atomic mass is 9.94. The normalized spacial score (nSPS) is 15.3. The van der Waals surface area contributed by atoms with Crippen LogP contribution in [0.2, 0.25) is 0 Å². The zero-order valence-electron chi connectivity index (χ0n) is 21.2. The number of aromatic nitrogens is 1. The van der Waals surface area contributed by atoms with E-state index in [0.717, 1.165) is 55.2 Å². The molecule has 1 amide bonds. The predicted molar refractivity (Wildman–Crippen MR) is 146 cm³/mol. The highest BCUT2D eigenvalue weighted by Crippen LogP contribution is 2.25. The zero-order chi connectivity index (χ0) is 25.5. The standard InChI is InChI=1S/C31H33N3O3/c1-36-27-12-10-24(11-13-27)30(29-8-4-5-17-32-29)33-31(35)25-15-18-34(19-16-25)20-21-37-28-14-9-23-6-2-3-7-26(23)22-28/h2-14,17,22,25,30H,15-16,18-21H2,1H3,(H,33,35). The molecule has 2 heterocycles. The second-order valence-electron chi connectivity index (χ2n) is 9.44. The van der Waals surface area contributed by atoms with Crippen molar-refractivity contribution in [2.24, 2.45) is 5.92 Å². The van der Waals surface area contributed by atoms with Gasteiger partial charge in [0.05, 0.1) is 18.8 Å². The van der Waals surface area contributed by atoms with Gasteiger partial charge in [0.2, 0.25) is 5.91 Å². The predicted octanol–water partition coefficient (Wildman–Crippen LogP) is 5.24. The molecule has 1 N–H and O–H groups in total. The first kappa shape index (κ1) is 24.8. The second kappa shape index (κ2) is 11.9. The Morgan fingerprint density at radius 1 is 0.946 bits per heavy atom. The molecule has 0 spiro atoms. The van der Waals surface area contributed by atoms with Crippen LogP contribution >= 0.6 is 0 Å². The maximum Gasteiger partial charge on any atom is 0.224 e. The lowest BCUT2D eigenvalue weighted by Crippen LogP contribution is -2.42. The van der Waals surface area contributed by atoms with E-state index >= 15 is 0 Å². The number of carbonyl (C=O) groups excluding carboxylic acids is 1. The number of piperidine rings is 1. The molecule has 0 radical (unpaired) electrons. The molecule has 37 heavy (non-hydrogen) atoms. The Morgan fingerprint density at radius 3 is 2.41 bits per heavy atom. The molecule has 190 valence electrons. The summed E-state index contributed by atoms with van der Waals surface area (Å²) in [4.78, 5) is 20.2. The van der Waals surface area contributed by atoms with Crippen LogP contribution in [0.15, 0.2) is 91.1 Å². The maximum absolute atomic E-state index is 13.3. The van der Waals surface area contributed by atoms with Crippen LogP contribution in [0.3, 0.4) is 0 Å². The average molecular weight is 496 g/mol. The van der Waals surface area contributed by atoms with Crippen molar-refractivity contribution in [3.8, 4) is 11.5 Å². The number of amides is 1. The summed E-state index contributed by atoms with van der Waals surface area (Å²) in [5, 5.41) is 5.67. The van der Waals surface area contributed by atoms with Crippen LogP contribution in [0.5, 0.6) is 11.5 Å². The molecule has 1 aliphatic rings. The number of benzene rings is 3. The third kappa shape index (κ3) is 6.27. The van der Waals surface area contributed by atoms with Crippen molar-refractivity contribution in [2.75, 3.05) is 33.4 Å². The Balaban J connectivity index is 1.13. The Kier molecular flexibility index (Phi) is 7.96. The summed E-state index contributed by atoms with van der Waals surface area (Å²) in [6.45, 7) is 3.25. The molecule has 5 rings (SSSR count). The number of ether oxygens (including phenoxy) is 2. The van der Waals surface area contributed by atoms with Crippen molar-refractivity contribution in [3.63, 3.8) is 0 Å². The fraction of sp³-hybridized carbons (Fsp3) is 0.290. The highest BCUT2D eigenvalue weighted by molar-refractivity contribution is 5.83. The molecule has 0 bridgehead atoms. The van der Waals surface area contributed by atoms with Crippen LogP contribution in [0, 0.1) is 5.92 Å². The van der Waals surface area contributed by atoms with Gasteiger partial charge in [-0.1, -0.05) is 48.5 Å². The number of carbonyl (C=O) groups is 1. The van der Waals surface area contributed by atoms with Gasteiger partial charge in [0.25, 0.3) is 0 Å². The van der Waals surface area contributed by atoms with Crippen molar-refractivity contribution in [1.29, 1.82) is 0 Å². The smallest absolute Gasteiger partial charge is 0.224 e. The Hall–Kier alpha value is -3.90. The van der Waals surface area contributed by atoms with E-state index in [1.165, 1.54) is 10.8 Å². The quantitative estimate of drug-likeness (QED) is 0.344. The van der Waals surface area contributed by atoms with E-state index in [2.05, 4.69) is 39.5 Å². The molecule has 1 aromatic heterocycles. The van der Waals surface area contributed by atoms with E-state index < -0.39 is 0 Å². The number of nitrogens with one attached hydrogen (secondary N) is 1. The highest BCUT2D eigenvalue weighted by atomic mass is 16.5. The minimum atomic E-state index is -0.298. The molecule has 3 aromatic carbocycles. The van der Waals surface area contributed by atoms with Gasteiger partial charge in [0.15, 0.2) is 0 Å². The number of rotatable bonds is 9. The monoisotopic (exact) mass is 495 g/mol. The topological polar surface area (TPSA) is 63.7 Å². The first-order valence-electron chi connectivity index (χ1n) is 12.9.